The zero-order valence-electron chi connectivity index (χ0n) is 13.4. The summed E-state index contributed by atoms with van der Waals surface area (Å²) in [6.45, 7) is 7.21. The molecule has 2 heterocycles. The third-order valence-corrected chi connectivity index (χ3v) is 5.94. The summed E-state index contributed by atoms with van der Waals surface area (Å²) in [5.74, 6) is 0.685. The molecule has 3 aliphatic rings. The van der Waals surface area contributed by atoms with E-state index in [-0.39, 0.29) is 23.3 Å². The van der Waals surface area contributed by atoms with Crippen molar-refractivity contribution in [2.75, 3.05) is 33.4 Å². The van der Waals surface area contributed by atoms with Gasteiger partial charge in [-0.05, 0) is 25.2 Å². The van der Waals surface area contributed by atoms with Crippen LogP contribution >= 0.6 is 0 Å². The van der Waals surface area contributed by atoms with Crippen LogP contribution in [-0.2, 0) is 14.3 Å². The number of fused-ring (bicyclic) bond motifs is 1. The van der Waals surface area contributed by atoms with Crippen molar-refractivity contribution in [2.24, 2.45) is 23.0 Å². The number of rotatable bonds is 3. The molecule has 1 saturated carbocycles. The first-order chi connectivity index (χ1) is 9.89. The van der Waals surface area contributed by atoms with E-state index < -0.39 is 5.54 Å². The first-order valence-corrected chi connectivity index (χ1v) is 8.13. The molecule has 1 aliphatic carbocycles. The second-order valence-electron chi connectivity index (χ2n) is 7.55. The van der Waals surface area contributed by atoms with Crippen molar-refractivity contribution in [3.05, 3.63) is 0 Å². The summed E-state index contributed by atoms with van der Waals surface area (Å²) in [5, 5.41) is 0. The maximum atomic E-state index is 13.0. The summed E-state index contributed by atoms with van der Waals surface area (Å²) >= 11 is 0. The minimum Gasteiger partial charge on any atom is -0.381 e. The van der Waals surface area contributed by atoms with Crippen molar-refractivity contribution in [3.63, 3.8) is 0 Å². The number of ether oxygens (including phenoxy) is 2. The summed E-state index contributed by atoms with van der Waals surface area (Å²) in [4.78, 5) is 14.8. The first kappa shape index (κ1) is 15.3. The van der Waals surface area contributed by atoms with Crippen LogP contribution in [0.25, 0.3) is 0 Å². The van der Waals surface area contributed by atoms with E-state index in [0.29, 0.717) is 5.92 Å². The van der Waals surface area contributed by atoms with Crippen molar-refractivity contribution >= 4 is 5.91 Å². The topological polar surface area (TPSA) is 64.8 Å². The standard InChI is InChI=1S/C16H28N2O3/c1-15(2)13-12(6-8-21-13)16(15,17)14(19)18(3)9-11-5-4-7-20-10-11/h11-13H,4-10,17H2,1-3H3. The summed E-state index contributed by atoms with van der Waals surface area (Å²) in [6, 6.07) is 0. The molecular weight excluding hydrogens is 268 g/mol. The Morgan fingerprint density at radius 1 is 1.33 bits per heavy atom. The molecule has 3 fully saturated rings. The van der Waals surface area contributed by atoms with Crippen LogP contribution in [0, 0.1) is 17.3 Å². The Kier molecular flexibility index (Phi) is 3.79. The van der Waals surface area contributed by atoms with Gasteiger partial charge in [0.25, 0.3) is 0 Å². The lowest BCUT2D eigenvalue weighted by Crippen LogP contribution is -2.80. The maximum absolute atomic E-state index is 13.0. The molecule has 0 aromatic rings. The van der Waals surface area contributed by atoms with Crippen molar-refractivity contribution in [2.45, 2.75) is 44.8 Å². The van der Waals surface area contributed by atoms with Crippen molar-refractivity contribution in [3.8, 4) is 0 Å². The summed E-state index contributed by atoms with van der Waals surface area (Å²) in [5.41, 5.74) is 5.54. The molecule has 2 N–H and O–H groups in total. The van der Waals surface area contributed by atoms with E-state index in [1.54, 1.807) is 0 Å². The molecule has 2 aliphatic heterocycles. The van der Waals surface area contributed by atoms with E-state index >= 15 is 0 Å². The molecular formula is C16H28N2O3. The predicted molar refractivity (Wildman–Crippen MR) is 79.7 cm³/mol. The van der Waals surface area contributed by atoms with Gasteiger partial charge in [0.15, 0.2) is 0 Å². The molecule has 5 heteroatoms. The van der Waals surface area contributed by atoms with Crippen molar-refractivity contribution in [1.82, 2.24) is 4.90 Å². The second kappa shape index (κ2) is 5.21. The van der Waals surface area contributed by atoms with Crippen LogP contribution in [0.5, 0.6) is 0 Å². The highest BCUT2D eigenvalue weighted by molar-refractivity contribution is 5.89. The highest BCUT2D eigenvalue weighted by atomic mass is 16.5. The van der Waals surface area contributed by atoms with Crippen LogP contribution in [0.4, 0.5) is 0 Å². The quantitative estimate of drug-likeness (QED) is 0.844. The highest BCUT2D eigenvalue weighted by Crippen LogP contribution is 2.58. The Hall–Kier alpha value is -0.650. The van der Waals surface area contributed by atoms with Gasteiger partial charge < -0.3 is 20.1 Å². The first-order valence-electron chi connectivity index (χ1n) is 8.13. The van der Waals surface area contributed by atoms with E-state index in [1.807, 2.05) is 11.9 Å². The van der Waals surface area contributed by atoms with Crippen molar-refractivity contribution in [1.29, 1.82) is 0 Å². The fourth-order valence-electron chi connectivity index (χ4n) is 4.56. The van der Waals surface area contributed by atoms with Gasteiger partial charge in [-0.15, -0.1) is 0 Å². The number of likely N-dealkylation sites (N-methyl/N-ethyl adjacent to an activating group) is 1. The highest BCUT2D eigenvalue weighted by Gasteiger charge is 2.71. The smallest absolute Gasteiger partial charge is 0.243 e. The third kappa shape index (κ3) is 2.13. The van der Waals surface area contributed by atoms with Gasteiger partial charge in [0.2, 0.25) is 5.91 Å². The molecule has 0 aromatic heterocycles. The van der Waals surface area contributed by atoms with E-state index in [1.165, 1.54) is 0 Å². The van der Waals surface area contributed by atoms with E-state index in [4.69, 9.17) is 15.2 Å². The molecule has 0 bridgehead atoms. The number of nitrogens with two attached hydrogens (primary N) is 1. The lowest BCUT2D eigenvalue weighted by Gasteiger charge is -2.61. The number of carbonyl (C=O) groups is 1. The number of hydrogen-bond acceptors (Lipinski definition) is 4. The molecule has 5 nitrogen and oxygen atoms in total. The molecule has 0 radical (unpaired) electrons. The lowest BCUT2D eigenvalue weighted by molar-refractivity contribution is -0.184. The van der Waals surface area contributed by atoms with Crippen LogP contribution < -0.4 is 5.73 Å². The minimum absolute atomic E-state index is 0.0739. The van der Waals surface area contributed by atoms with Gasteiger partial charge in [0.05, 0.1) is 12.7 Å². The van der Waals surface area contributed by atoms with E-state index in [0.717, 1.165) is 45.6 Å². The monoisotopic (exact) mass is 296 g/mol. The average molecular weight is 296 g/mol. The molecule has 2 saturated heterocycles. The molecule has 0 spiro atoms. The molecule has 1 amide bonds. The van der Waals surface area contributed by atoms with Crippen molar-refractivity contribution < 1.29 is 14.3 Å². The molecule has 4 unspecified atom stereocenters. The summed E-state index contributed by atoms with van der Waals surface area (Å²) in [7, 11) is 1.88. The Morgan fingerprint density at radius 2 is 2.10 bits per heavy atom. The lowest BCUT2D eigenvalue weighted by atomic mass is 9.47. The van der Waals surface area contributed by atoms with Crippen LogP contribution in [-0.4, -0.2) is 55.9 Å². The second-order valence-corrected chi connectivity index (χ2v) is 7.55. The van der Waals surface area contributed by atoms with Gasteiger partial charge >= 0.3 is 0 Å². The predicted octanol–water partition coefficient (Wildman–Crippen LogP) is 1.01. The molecule has 3 rings (SSSR count). The van der Waals surface area contributed by atoms with Gasteiger partial charge in [-0.3, -0.25) is 4.79 Å². The normalized spacial score (nSPS) is 41.2. The van der Waals surface area contributed by atoms with E-state index in [2.05, 4.69) is 13.8 Å². The number of amides is 1. The molecule has 0 aromatic carbocycles. The Labute approximate surface area is 127 Å². The number of nitrogens with zero attached hydrogens (tertiary/aromatic N) is 1. The third-order valence-electron chi connectivity index (χ3n) is 5.94. The number of carbonyl (C=O) groups excluding carboxylic acids is 1. The SMILES string of the molecule is CN(CC1CCCOC1)C(=O)C1(N)C2CCOC2C1(C)C. The minimum atomic E-state index is -0.779. The Balaban J connectivity index is 1.68. The molecule has 21 heavy (non-hydrogen) atoms. The molecule has 4 atom stereocenters. The number of hydrogen-bond donors (Lipinski definition) is 1. The van der Waals surface area contributed by atoms with Gasteiger partial charge in [-0.25, -0.2) is 0 Å². The van der Waals surface area contributed by atoms with Gasteiger partial charge in [-0.1, -0.05) is 13.8 Å². The van der Waals surface area contributed by atoms with Gasteiger partial charge in [0, 0.05) is 38.1 Å². The fraction of sp³-hybridized carbons (Fsp3) is 0.938. The van der Waals surface area contributed by atoms with Crippen LogP contribution in [0.1, 0.15) is 33.1 Å². The zero-order valence-corrected chi connectivity index (χ0v) is 13.4. The van der Waals surface area contributed by atoms with Crippen LogP contribution in [0.15, 0.2) is 0 Å². The van der Waals surface area contributed by atoms with E-state index in [9.17, 15) is 4.79 Å². The van der Waals surface area contributed by atoms with Crippen LogP contribution in [0.2, 0.25) is 0 Å². The Bertz CT molecular complexity index is 420. The van der Waals surface area contributed by atoms with Crippen LogP contribution in [0.3, 0.4) is 0 Å². The summed E-state index contributed by atoms with van der Waals surface area (Å²) < 4.78 is 11.3. The molecule has 120 valence electrons. The zero-order chi connectivity index (χ0) is 15.3. The summed E-state index contributed by atoms with van der Waals surface area (Å²) in [6.07, 6.45) is 3.26. The van der Waals surface area contributed by atoms with Gasteiger partial charge in [-0.2, -0.15) is 0 Å². The van der Waals surface area contributed by atoms with Gasteiger partial charge in [0.1, 0.15) is 5.54 Å². The largest absolute Gasteiger partial charge is 0.381 e. The average Bonchev–Trinajstić information content (AvgIpc) is 2.95. The Morgan fingerprint density at radius 3 is 2.76 bits per heavy atom. The fourth-order valence-corrected chi connectivity index (χ4v) is 4.56. The maximum Gasteiger partial charge on any atom is 0.243 e.